The largest absolute Gasteiger partial charge is 0.496 e. The highest BCUT2D eigenvalue weighted by Gasteiger charge is 2.14. The van der Waals surface area contributed by atoms with Gasteiger partial charge in [-0.1, -0.05) is 13.0 Å². The number of benzene rings is 1. The molecule has 0 spiro atoms. The van der Waals surface area contributed by atoms with Gasteiger partial charge in [0.2, 0.25) is 0 Å². The molecular weight excluding hydrogens is 240 g/mol. The lowest BCUT2D eigenvalue weighted by molar-refractivity contribution is 0.415. The van der Waals surface area contributed by atoms with E-state index in [1.165, 1.54) is 5.56 Å². The average Bonchev–Trinajstić information content (AvgIpc) is 2.79. The molecule has 0 unspecified atom stereocenters. The Hall–Kier alpha value is -1.88. The summed E-state index contributed by atoms with van der Waals surface area (Å²) in [5.41, 5.74) is 7.77. The van der Waals surface area contributed by atoms with Gasteiger partial charge in [-0.15, -0.1) is 0 Å². The van der Waals surface area contributed by atoms with Crippen LogP contribution in [0.15, 0.2) is 18.2 Å². The highest BCUT2D eigenvalue weighted by Crippen LogP contribution is 2.29. The van der Waals surface area contributed by atoms with Gasteiger partial charge in [0.1, 0.15) is 5.75 Å². The summed E-state index contributed by atoms with van der Waals surface area (Å²) in [4.78, 5) is 4.55. The maximum absolute atomic E-state index is 5.55. The molecule has 0 radical (unpaired) electrons. The Kier molecular flexibility index (Phi) is 4.16. The summed E-state index contributed by atoms with van der Waals surface area (Å²) in [6, 6.07) is 6.15. The number of ether oxygens (including phenoxy) is 1. The summed E-state index contributed by atoms with van der Waals surface area (Å²) in [5.74, 6) is 2.39. The number of aryl methyl sites for hydroxylation is 2. The Morgan fingerprint density at radius 2 is 2.16 bits per heavy atom. The first-order valence-corrected chi connectivity index (χ1v) is 6.46. The van der Waals surface area contributed by atoms with Crippen molar-refractivity contribution in [1.82, 2.24) is 14.8 Å². The molecule has 5 heteroatoms. The molecule has 0 saturated heterocycles. The van der Waals surface area contributed by atoms with Gasteiger partial charge in [-0.25, -0.2) is 9.67 Å². The van der Waals surface area contributed by atoms with Gasteiger partial charge in [0.25, 0.3) is 0 Å². The van der Waals surface area contributed by atoms with Gasteiger partial charge in [-0.3, -0.25) is 0 Å². The summed E-state index contributed by atoms with van der Waals surface area (Å²) in [6.07, 6.45) is 1.66. The van der Waals surface area contributed by atoms with Crippen LogP contribution in [0.3, 0.4) is 0 Å². The van der Waals surface area contributed by atoms with Crippen molar-refractivity contribution in [1.29, 1.82) is 0 Å². The zero-order valence-corrected chi connectivity index (χ0v) is 11.7. The molecule has 0 aliphatic heterocycles. The van der Waals surface area contributed by atoms with E-state index in [0.29, 0.717) is 13.0 Å². The van der Waals surface area contributed by atoms with Gasteiger partial charge < -0.3 is 10.5 Å². The van der Waals surface area contributed by atoms with Gasteiger partial charge in [-0.05, 0) is 30.7 Å². The van der Waals surface area contributed by atoms with Crippen LogP contribution in [0.4, 0.5) is 0 Å². The fourth-order valence-corrected chi connectivity index (χ4v) is 2.06. The summed E-state index contributed by atoms with van der Waals surface area (Å²) >= 11 is 0. The first-order chi connectivity index (χ1) is 9.19. The van der Waals surface area contributed by atoms with Crippen molar-refractivity contribution in [2.75, 3.05) is 13.7 Å². The molecule has 2 rings (SSSR count). The zero-order chi connectivity index (χ0) is 13.8. The van der Waals surface area contributed by atoms with E-state index in [1.54, 1.807) is 11.8 Å². The summed E-state index contributed by atoms with van der Waals surface area (Å²) in [7, 11) is 3.56. The van der Waals surface area contributed by atoms with Gasteiger partial charge >= 0.3 is 0 Å². The third-order valence-electron chi connectivity index (χ3n) is 3.09. The third kappa shape index (κ3) is 2.76. The molecule has 1 heterocycles. The van der Waals surface area contributed by atoms with E-state index in [0.717, 1.165) is 29.4 Å². The van der Waals surface area contributed by atoms with E-state index < -0.39 is 0 Å². The van der Waals surface area contributed by atoms with Crippen LogP contribution in [-0.4, -0.2) is 28.4 Å². The predicted molar refractivity (Wildman–Crippen MR) is 75.1 cm³/mol. The van der Waals surface area contributed by atoms with Crippen molar-refractivity contribution in [2.24, 2.45) is 12.8 Å². The first kappa shape index (κ1) is 13.5. The number of hydrogen-bond acceptors (Lipinski definition) is 4. The predicted octanol–water partition coefficient (Wildman–Crippen LogP) is 1.55. The normalized spacial score (nSPS) is 10.7. The summed E-state index contributed by atoms with van der Waals surface area (Å²) < 4.78 is 7.20. The van der Waals surface area contributed by atoms with E-state index >= 15 is 0 Å². The van der Waals surface area contributed by atoms with E-state index in [4.69, 9.17) is 10.5 Å². The molecule has 0 amide bonds. The van der Waals surface area contributed by atoms with Gasteiger partial charge in [0, 0.05) is 13.5 Å². The molecule has 2 N–H and O–H groups in total. The number of nitrogens with zero attached hydrogens (tertiary/aromatic N) is 3. The van der Waals surface area contributed by atoms with Crippen LogP contribution in [-0.2, 0) is 19.9 Å². The zero-order valence-electron chi connectivity index (χ0n) is 11.7. The highest BCUT2D eigenvalue weighted by molar-refractivity contribution is 5.65. The molecule has 0 bridgehead atoms. The monoisotopic (exact) mass is 260 g/mol. The quantitative estimate of drug-likeness (QED) is 0.886. The number of hydrogen-bond donors (Lipinski definition) is 1. The minimum Gasteiger partial charge on any atom is -0.496 e. The second-order valence-corrected chi connectivity index (χ2v) is 4.40. The molecule has 0 saturated carbocycles. The standard InChI is InChI=1S/C14H20N4O/c1-4-10-5-6-12(19-3)11(9-10)14-16-13(7-8-15)17-18(14)2/h5-6,9H,4,7-8,15H2,1-3H3. The number of methoxy groups -OCH3 is 1. The Bertz CT molecular complexity index is 563. The van der Waals surface area contributed by atoms with Crippen LogP contribution < -0.4 is 10.5 Å². The van der Waals surface area contributed by atoms with Crippen LogP contribution in [0.5, 0.6) is 5.75 Å². The summed E-state index contributed by atoms with van der Waals surface area (Å²) in [5, 5.41) is 4.38. The molecule has 0 aliphatic rings. The second-order valence-electron chi connectivity index (χ2n) is 4.40. The number of aromatic nitrogens is 3. The van der Waals surface area contributed by atoms with Gasteiger partial charge in [0.05, 0.1) is 12.7 Å². The van der Waals surface area contributed by atoms with Crippen LogP contribution in [0.2, 0.25) is 0 Å². The highest BCUT2D eigenvalue weighted by atomic mass is 16.5. The molecule has 1 aromatic carbocycles. The molecule has 0 fully saturated rings. The van der Waals surface area contributed by atoms with E-state index in [9.17, 15) is 0 Å². The van der Waals surface area contributed by atoms with Gasteiger partial charge in [-0.2, -0.15) is 5.10 Å². The van der Waals surface area contributed by atoms with Crippen LogP contribution in [0.1, 0.15) is 18.3 Å². The Labute approximate surface area is 113 Å². The molecule has 19 heavy (non-hydrogen) atoms. The lowest BCUT2D eigenvalue weighted by atomic mass is 10.1. The Balaban J connectivity index is 2.50. The molecule has 2 aromatic rings. The van der Waals surface area contributed by atoms with Gasteiger partial charge in [0.15, 0.2) is 11.6 Å². The minimum atomic E-state index is 0.551. The van der Waals surface area contributed by atoms with E-state index in [2.05, 4.69) is 29.1 Å². The first-order valence-electron chi connectivity index (χ1n) is 6.46. The molecule has 0 atom stereocenters. The third-order valence-corrected chi connectivity index (χ3v) is 3.09. The number of nitrogens with two attached hydrogens (primary N) is 1. The molecular formula is C14H20N4O. The Morgan fingerprint density at radius 3 is 2.79 bits per heavy atom. The molecule has 1 aromatic heterocycles. The van der Waals surface area contributed by atoms with Crippen LogP contribution in [0, 0.1) is 0 Å². The topological polar surface area (TPSA) is 66.0 Å². The SMILES string of the molecule is CCc1ccc(OC)c(-c2nc(CCN)nn2C)c1. The molecule has 102 valence electrons. The fourth-order valence-electron chi connectivity index (χ4n) is 2.06. The number of rotatable bonds is 5. The van der Waals surface area contributed by atoms with Crippen molar-refractivity contribution in [3.63, 3.8) is 0 Å². The smallest absolute Gasteiger partial charge is 0.161 e. The average molecular weight is 260 g/mol. The van der Waals surface area contributed by atoms with Crippen LogP contribution in [0.25, 0.3) is 11.4 Å². The van der Waals surface area contributed by atoms with E-state index in [1.807, 2.05) is 13.1 Å². The minimum absolute atomic E-state index is 0.551. The molecule has 0 aliphatic carbocycles. The lowest BCUT2D eigenvalue weighted by Crippen LogP contribution is -2.04. The summed E-state index contributed by atoms with van der Waals surface area (Å²) in [6.45, 7) is 2.68. The van der Waals surface area contributed by atoms with Crippen molar-refractivity contribution in [2.45, 2.75) is 19.8 Å². The van der Waals surface area contributed by atoms with Crippen molar-refractivity contribution in [3.05, 3.63) is 29.6 Å². The molecule has 5 nitrogen and oxygen atoms in total. The van der Waals surface area contributed by atoms with Crippen molar-refractivity contribution in [3.8, 4) is 17.1 Å². The second kappa shape index (κ2) is 5.84. The van der Waals surface area contributed by atoms with Crippen LogP contribution >= 0.6 is 0 Å². The maximum Gasteiger partial charge on any atom is 0.161 e. The fraction of sp³-hybridized carbons (Fsp3) is 0.429. The van der Waals surface area contributed by atoms with Crippen molar-refractivity contribution < 1.29 is 4.74 Å². The maximum atomic E-state index is 5.55. The Morgan fingerprint density at radius 1 is 1.37 bits per heavy atom. The lowest BCUT2D eigenvalue weighted by Gasteiger charge is -2.09. The van der Waals surface area contributed by atoms with Crippen molar-refractivity contribution >= 4 is 0 Å². The van der Waals surface area contributed by atoms with E-state index in [-0.39, 0.29) is 0 Å².